The summed E-state index contributed by atoms with van der Waals surface area (Å²) in [6.45, 7) is 5.39. The van der Waals surface area contributed by atoms with Gasteiger partial charge in [0.15, 0.2) is 0 Å². The van der Waals surface area contributed by atoms with E-state index in [0.717, 1.165) is 23.0 Å². The molecule has 0 aliphatic carbocycles. The highest BCUT2D eigenvalue weighted by atomic mass is 32.2. The third-order valence-corrected chi connectivity index (χ3v) is 7.12. The maximum absolute atomic E-state index is 12.2. The van der Waals surface area contributed by atoms with Crippen LogP contribution in [-0.2, 0) is 23.3 Å². The van der Waals surface area contributed by atoms with Crippen LogP contribution in [0.2, 0.25) is 0 Å². The summed E-state index contributed by atoms with van der Waals surface area (Å²) >= 11 is 0. The number of piperazine rings is 1. The number of carbonyl (C=O) groups is 1. The van der Waals surface area contributed by atoms with Crippen molar-refractivity contribution >= 4 is 38.5 Å². The van der Waals surface area contributed by atoms with E-state index >= 15 is 0 Å². The van der Waals surface area contributed by atoms with E-state index in [-0.39, 0.29) is 16.5 Å². The van der Waals surface area contributed by atoms with Gasteiger partial charge in [0.1, 0.15) is 17.5 Å². The first-order chi connectivity index (χ1) is 17.0. The molecular formula is C23H28N8O4S. The summed E-state index contributed by atoms with van der Waals surface area (Å²) in [5.41, 5.74) is 3.76. The van der Waals surface area contributed by atoms with E-state index in [2.05, 4.69) is 26.3 Å². The van der Waals surface area contributed by atoms with Gasteiger partial charge >= 0.3 is 6.09 Å². The molecule has 1 saturated heterocycles. The van der Waals surface area contributed by atoms with Crippen molar-refractivity contribution in [2.75, 3.05) is 42.7 Å². The number of hydrogen-bond donors (Lipinski definition) is 2. The summed E-state index contributed by atoms with van der Waals surface area (Å²) in [5, 5.41) is 22.0. The Morgan fingerprint density at radius 3 is 2.53 bits per heavy atom. The Labute approximate surface area is 209 Å². The summed E-state index contributed by atoms with van der Waals surface area (Å²) in [5.74, 6) is 0.133. The number of nitrogens with one attached hydrogen (secondary N) is 1. The predicted molar refractivity (Wildman–Crippen MR) is 134 cm³/mol. The fourth-order valence-electron chi connectivity index (χ4n) is 4.30. The number of hydrogen-bond acceptors (Lipinski definition) is 9. The molecule has 36 heavy (non-hydrogen) atoms. The molecule has 1 aliphatic rings. The number of nitriles is 1. The van der Waals surface area contributed by atoms with Gasteiger partial charge in [0.25, 0.3) is 0 Å². The number of anilines is 2. The SMILES string of the molecule is CCc1nc(S(C)(=O)=O)nc(N[C@@H](C)c2nc3ccn(C)c3cc2N2CCN(C(=O)O)CC2)c1C#N. The van der Waals surface area contributed by atoms with Gasteiger partial charge in [-0.2, -0.15) is 10.2 Å². The highest BCUT2D eigenvalue weighted by Crippen LogP contribution is 2.32. The quantitative estimate of drug-likeness (QED) is 0.469. The second kappa shape index (κ2) is 9.62. The molecule has 4 heterocycles. The van der Waals surface area contributed by atoms with E-state index in [4.69, 9.17) is 4.98 Å². The number of aromatic nitrogens is 4. The second-order valence-electron chi connectivity index (χ2n) is 8.76. The van der Waals surface area contributed by atoms with Crippen molar-refractivity contribution in [1.29, 1.82) is 5.26 Å². The first kappa shape index (κ1) is 25.2. The average Bonchev–Trinajstić information content (AvgIpc) is 3.21. The Hall–Kier alpha value is -3.92. The van der Waals surface area contributed by atoms with Crippen molar-refractivity contribution in [1.82, 2.24) is 24.4 Å². The minimum absolute atomic E-state index is 0.133. The molecule has 190 valence electrons. The summed E-state index contributed by atoms with van der Waals surface area (Å²) in [6, 6.07) is 5.57. The van der Waals surface area contributed by atoms with Gasteiger partial charge in [-0.3, -0.25) is 0 Å². The average molecular weight is 513 g/mol. The summed E-state index contributed by atoms with van der Waals surface area (Å²) in [6.07, 6.45) is 2.36. The number of aryl methyl sites for hydroxylation is 2. The van der Waals surface area contributed by atoms with Crippen molar-refractivity contribution in [2.45, 2.75) is 31.5 Å². The van der Waals surface area contributed by atoms with E-state index in [1.54, 1.807) is 6.92 Å². The molecule has 0 bridgehead atoms. The lowest BCUT2D eigenvalue weighted by Gasteiger charge is -2.36. The summed E-state index contributed by atoms with van der Waals surface area (Å²) < 4.78 is 26.3. The molecular weight excluding hydrogens is 484 g/mol. The molecule has 0 spiro atoms. The Bertz CT molecular complexity index is 1470. The highest BCUT2D eigenvalue weighted by molar-refractivity contribution is 7.90. The van der Waals surface area contributed by atoms with Crippen LogP contribution in [0.3, 0.4) is 0 Å². The Morgan fingerprint density at radius 2 is 1.94 bits per heavy atom. The first-order valence-corrected chi connectivity index (χ1v) is 13.4. The van der Waals surface area contributed by atoms with Gasteiger partial charge in [-0.05, 0) is 25.5 Å². The number of amides is 1. The molecule has 4 rings (SSSR count). The minimum Gasteiger partial charge on any atom is -0.465 e. The lowest BCUT2D eigenvalue weighted by atomic mass is 10.1. The predicted octanol–water partition coefficient (Wildman–Crippen LogP) is 2.17. The van der Waals surface area contributed by atoms with Gasteiger partial charge in [-0.1, -0.05) is 6.92 Å². The molecule has 2 N–H and O–H groups in total. The second-order valence-corrected chi connectivity index (χ2v) is 10.7. The van der Waals surface area contributed by atoms with Crippen molar-refractivity contribution in [3.8, 4) is 6.07 Å². The van der Waals surface area contributed by atoms with Crippen LogP contribution in [0.1, 0.15) is 36.8 Å². The largest absolute Gasteiger partial charge is 0.465 e. The van der Waals surface area contributed by atoms with E-state index in [9.17, 15) is 23.6 Å². The van der Waals surface area contributed by atoms with E-state index < -0.39 is 22.0 Å². The van der Waals surface area contributed by atoms with Crippen LogP contribution in [0.15, 0.2) is 23.5 Å². The molecule has 3 aromatic heterocycles. The van der Waals surface area contributed by atoms with Crippen molar-refractivity contribution in [2.24, 2.45) is 7.05 Å². The minimum atomic E-state index is -3.70. The zero-order valence-corrected chi connectivity index (χ0v) is 21.4. The Kier molecular flexibility index (Phi) is 6.73. The fraction of sp³-hybridized carbons (Fsp3) is 0.435. The molecule has 1 amide bonds. The number of fused-ring (bicyclic) bond motifs is 1. The van der Waals surface area contributed by atoms with E-state index in [1.165, 1.54) is 4.90 Å². The molecule has 0 radical (unpaired) electrons. The zero-order chi connectivity index (χ0) is 26.2. The van der Waals surface area contributed by atoms with Crippen LogP contribution in [0.25, 0.3) is 11.0 Å². The summed E-state index contributed by atoms with van der Waals surface area (Å²) in [7, 11) is -1.77. The van der Waals surface area contributed by atoms with Gasteiger partial charge in [0.2, 0.25) is 15.0 Å². The molecule has 12 nitrogen and oxygen atoms in total. The van der Waals surface area contributed by atoms with Crippen molar-refractivity contribution in [3.05, 3.63) is 35.3 Å². The molecule has 0 aromatic carbocycles. The lowest BCUT2D eigenvalue weighted by molar-refractivity contribution is 0.142. The molecule has 0 saturated carbocycles. The molecule has 13 heteroatoms. The Morgan fingerprint density at radius 1 is 1.25 bits per heavy atom. The third-order valence-electron chi connectivity index (χ3n) is 6.27. The number of sulfone groups is 1. The van der Waals surface area contributed by atoms with Crippen LogP contribution in [0, 0.1) is 11.3 Å². The smallest absolute Gasteiger partial charge is 0.407 e. The standard InChI is InChI=1S/C23H28N8O4S/c1-5-16-15(13-24)21(28-22(27-16)36(4,34)35)25-14(2)20-19(12-18-17(26-20)6-7-29(18)3)30-8-10-31(11-9-30)23(32)33/h6-7,12,14H,5,8-11H2,1-4H3,(H,32,33)(H,25,27,28)/t14-/m0/s1. The highest BCUT2D eigenvalue weighted by Gasteiger charge is 2.27. The molecule has 3 aromatic rings. The Balaban J connectivity index is 1.77. The first-order valence-electron chi connectivity index (χ1n) is 11.5. The van der Waals surface area contributed by atoms with Gasteiger partial charge in [-0.25, -0.2) is 23.2 Å². The number of pyridine rings is 1. The fourth-order valence-corrected chi connectivity index (χ4v) is 4.83. The zero-order valence-electron chi connectivity index (χ0n) is 20.6. The van der Waals surface area contributed by atoms with E-state index in [1.807, 2.05) is 36.9 Å². The maximum Gasteiger partial charge on any atom is 0.407 e. The van der Waals surface area contributed by atoms with Gasteiger partial charge in [0.05, 0.1) is 34.2 Å². The number of carboxylic acid groups (broad SMARTS) is 1. The molecule has 1 aliphatic heterocycles. The van der Waals surface area contributed by atoms with Crippen LogP contribution < -0.4 is 10.2 Å². The number of nitrogens with zero attached hydrogens (tertiary/aromatic N) is 7. The monoisotopic (exact) mass is 512 g/mol. The van der Waals surface area contributed by atoms with E-state index in [0.29, 0.717) is 44.0 Å². The normalized spacial score (nSPS) is 15.1. The van der Waals surface area contributed by atoms with Gasteiger partial charge in [0, 0.05) is 45.7 Å². The summed E-state index contributed by atoms with van der Waals surface area (Å²) in [4.78, 5) is 28.0. The lowest BCUT2D eigenvalue weighted by Crippen LogP contribution is -2.48. The van der Waals surface area contributed by atoms with Crippen LogP contribution >= 0.6 is 0 Å². The van der Waals surface area contributed by atoms with Gasteiger partial charge < -0.3 is 24.8 Å². The van der Waals surface area contributed by atoms with Gasteiger partial charge in [-0.15, -0.1) is 0 Å². The van der Waals surface area contributed by atoms with Crippen molar-refractivity contribution in [3.63, 3.8) is 0 Å². The molecule has 1 fully saturated rings. The topological polar surface area (TPSA) is 157 Å². The third kappa shape index (κ3) is 4.76. The molecule has 0 unspecified atom stereocenters. The van der Waals surface area contributed by atoms with Crippen LogP contribution in [-0.4, -0.2) is 76.5 Å². The maximum atomic E-state index is 12.2. The number of rotatable bonds is 6. The van der Waals surface area contributed by atoms with Crippen LogP contribution in [0.5, 0.6) is 0 Å². The van der Waals surface area contributed by atoms with Crippen LogP contribution in [0.4, 0.5) is 16.3 Å². The van der Waals surface area contributed by atoms with Crippen molar-refractivity contribution < 1.29 is 18.3 Å². The molecule has 1 atom stereocenters.